The third-order valence-corrected chi connectivity index (χ3v) is 3.88. The van der Waals surface area contributed by atoms with Gasteiger partial charge >= 0.3 is 0 Å². The highest BCUT2D eigenvalue weighted by atomic mass is 79.9. The smallest absolute Gasteiger partial charge is 0.137 e. The molecule has 1 aromatic rings. The first-order valence-electron chi connectivity index (χ1n) is 5.39. The van der Waals surface area contributed by atoms with Crippen molar-refractivity contribution in [3.05, 3.63) is 34.1 Å². The van der Waals surface area contributed by atoms with Crippen molar-refractivity contribution in [1.82, 2.24) is 0 Å². The Kier molecular flexibility index (Phi) is 3.42. The van der Waals surface area contributed by atoms with E-state index in [1.807, 2.05) is 6.07 Å². The van der Waals surface area contributed by atoms with Crippen LogP contribution in [-0.2, 0) is 0 Å². The lowest BCUT2D eigenvalue weighted by atomic mass is 9.92. The first-order valence-corrected chi connectivity index (χ1v) is 6.18. The van der Waals surface area contributed by atoms with E-state index in [4.69, 9.17) is 5.73 Å². The average molecular weight is 272 g/mol. The molecule has 1 atom stereocenters. The van der Waals surface area contributed by atoms with Gasteiger partial charge in [0.1, 0.15) is 5.82 Å². The first-order chi connectivity index (χ1) is 7.18. The zero-order valence-electron chi connectivity index (χ0n) is 8.55. The van der Waals surface area contributed by atoms with Crippen LogP contribution in [0.15, 0.2) is 22.7 Å². The molecule has 0 amide bonds. The molecular formula is C12H15BrFN. The van der Waals surface area contributed by atoms with Crippen molar-refractivity contribution >= 4 is 15.9 Å². The highest BCUT2D eigenvalue weighted by Crippen LogP contribution is 2.34. The second kappa shape index (κ2) is 4.62. The summed E-state index contributed by atoms with van der Waals surface area (Å²) in [6.07, 6.45) is 4.88. The monoisotopic (exact) mass is 271 g/mol. The van der Waals surface area contributed by atoms with E-state index in [-0.39, 0.29) is 11.9 Å². The summed E-state index contributed by atoms with van der Waals surface area (Å²) in [6.45, 7) is 0. The van der Waals surface area contributed by atoms with E-state index in [0.717, 1.165) is 5.56 Å². The van der Waals surface area contributed by atoms with Gasteiger partial charge in [0.2, 0.25) is 0 Å². The summed E-state index contributed by atoms with van der Waals surface area (Å²) < 4.78 is 13.8. The molecule has 82 valence electrons. The van der Waals surface area contributed by atoms with Crippen LogP contribution in [0.2, 0.25) is 0 Å². The van der Waals surface area contributed by atoms with Crippen molar-refractivity contribution in [2.24, 2.45) is 11.7 Å². The topological polar surface area (TPSA) is 26.0 Å². The Morgan fingerprint density at radius 1 is 1.33 bits per heavy atom. The zero-order chi connectivity index (χ0) is 10.8. The van der Waals surface area contributed by atoms with Gasteiger partial charge in [-0.3, -0.25) is 0 Å². The molecule has 0 heterocycles. The largest absolute Gasteiger partial charge is 0.324 e. The molecule has 0 spiro atoms. The van der Waals surface area contributed by atoms with E-state index in [9.17, 15) is 4.39 Å². The first kappa shape index (κ1) is 11.1. The number of hydrogen-bond donors (Lipinski definition) is 1. The Morgan fingerprint density at radius 2 is 2.00 bits per heavy atom. The van der Waals surface area contributed by atoms with E-state index in [1.54, 1.807) is 12.1 Å². The van der Waals surface area contributed by atoms with Crippen LogP contribution in [0.25, 0.3) is 0 Å². The quantitative estimate of drug-likeness (QED) is 0.871. The Bertz CT molecular complexity index is 347. The fourth-order valence-corrected chi connectivity index (χ4v) is 2.56. The summed E-state index contributed by atoms with van der Waals surface area (Å²) in [4.78, 5) is 0. The Labute approximate surface area is 98.0 Å². The van der Waals surface area contributed by atoms with Crippen LogP contribution in [0, 0.1) is 11.7 Å². The minimum absolute atomic E-state index is 0.00454. The maximum absolute atomic E-state index is 13.3. The summed E-state index contributed by atoms with van der Waals surface area (Å²) in [7, 11) is 0. The normalized spacial score (nSPS) is 19.4. The van der Waals surface area contributed by atoms with Crippen molar-refractivity contribution in [2.75, 3.05) is 0 Å². The van der Waals surface area contributed by atoms with E-state index >= 15 is 0 Å². The third-order valence-electron chi connectivity index (χ3n) is 3.24. The second-order valence-electron chi connectivity index (χ2n) is 4.24. The van der Waals surface area contributed by atoms with Gasteiger partial charge in [-0.15, -0.1) is 0 Å². The highest BCUT2D eigenvalue weighted by Gasteiger charge is 2.23. The lowest BCUT2D eigenvalue weighted by Gasteiger charge is -2.19. The minimum Gasteiger partial charge on any atom is -0.324 e. The number of rotatable bonds is 2. The highest BCUT2D eigenvalue weighted by molar-refractivity contribution is 9.10. The predicted octanol–water partition coefficient (Wildman–Crippen LogP) is 3.78. The van der Waals surface area contributed by atoms with Gasteiger partial charge in [-0.25, -0.2) is 4.39 Å². The van der Waals surface area contributed by atoms with Gasteiger partial charge in [-0.1, -0.05) is 18.9 Å². The van der Waals surface area contributed by atoms with Crippen LogP contribution in [0.4, 0.5) is 4.39 Å². The van der Waals surface area contributed by atoms with Crippen molar-refractivity contribution in [2.45, 2.75) is 31.7 Å². The minimum atomic E-state index is -0.221. The number of benzene rings is 1. The van der Waals surface area contributed by atoms with Gasteiger partial charge in [0, 0.05) is 6.04 Å². The lowest BCUT2D eigenvalue weighted by molar-refractivity contribution is 0.443. The molecule has 2 N–H and O–H groups in total. The SMILES string of the molecule is N[C@H](c1ccc(Br)c(F)c1)C1CCCC1. The molecule has 15 heavy (non-hydrogen) atoms. The molecule has 0 bridgehead atoms. The lowest BCUT2D eigenvalue weighted by Crippen LogP contribution is -2.19. The predicted molar refractivity (Wildman–Crippen MR) is 63.0 cm³/mol. The summed E-state index contributed by atoms with van der Waals surface area (Å²) in [5.74, 6) is 0.312. The molecule has 0 radical (unpaired) electrons. The van der Waals surface area contributed by atoms with Gasteiger partial charge in [0.25, 0.3) is 0 Å². The molecule has 0 aromatic heterocycles. The van der Waals surface area contributed by atoms with E-state index < -0.39 is 0 Å². The molecule has 0 saturated heterocycles. The average Bonchev–Trinajstić information content (AvgIpc) is 2.74. The fraction of sp³-hybridized carbons (Fsp3) is 0.500. The van der Waals surface area contributed by atoms with Gasteiger partial charge in [0.05, 0.1) is 4.47 Å². The van der Waals surface area contributed by atoms with Crippen molar-refractivity contribution in [3.63, 3.8) is 0 Å². The van der Waals surface area contributed by atoms with Crippen LogP contribution in [0.1, 0.15) is 37.3 Å². The molecule has 1 aliphatic carbocycles. The molecule has 2 rings (SSSR count). The standard InChI is InChI=1S/C12H15BrFN/c13-10-6-5-9(7-11(10)14)12(15)8-3-1-2-4-8/h5-8,12H,1-4,15H2/t12-/m0/s1. The summed E-state index contributed by atoms with van der Waals surface area (Å²) in [5.41, 5.74) is 7.06. The van der Waals surface area contributed by atoms with Crippen LogP contribution < -0.4 is 5.73 Å². The van der Waals surface area contributed by atoms with Crippen LogP contribution in [-0.4, -0.2) is 0 Å². The van der Waals surface area contributed by atoms with Crippen molar-refractivity contribution in [3.8, 4) is 0 Å². The van der Waals surface area contributed by atoms with Crippen molar-refractivity contribution < 1.29 is 4.39 Å². The Balaban J connectivity index is 2.17. The maximum Gasteiger partial charge on any atom is 0.137 e. The third kappa shape index (κ3) is 2.40. The fourth-order valence-electron chi connectivity index (χ4n) is 2.31. The molecule has 1 aliphatic rings. The molecular weight excluding hydrogens is 257 g/mol. The van der Waals surface area contributed by atoms with E-state index in [0.29, 0.717) is 10.4 Å². The summed E-state index contributed by atoms with van der Waals surface area (Å²) >= 11 is 3.15. The number of halogens is 2. The molecule has 3 heteroatoms. The molecule has 1 fully saturated rings. The molecule has 1 aromatic carbocycles. The summed E-state index contributed by atoms with van der Waals surface area (Å²) in [6, 6.07) is 5.19. The molecule has 0 unspecified atom stereocenters. The number of hydrogen-bond acceptors (Lipinski definition) is 1. The number of nitrogens with two attached hydrogens (primary N) is 1. The molecule has 0 aliphatic heterocycles. The summed E-state index contributed by atoms with van der Waals surface area (Å²) in [5, 5.41) is 0. The van der Waals surface area contributed by atoms with E-state index in [1.165, 1.54) is 25.7 Å². The molecule has 1 nitrogen and oxygen atoms in total. The van der Waals surface area contributed by atoms with Crippen molar-refractivity contribution in [1.29, 1.82) is 0 Å². The van der Waals surface area contributed by atoms with Gasteiger partial charge < -0.3 is 5.73 Å². The van der Waals surface area contributed by atoms with Gasteiger partial charge in [-0.2, -0.15) is 0 Å². The van der Waals surface area contributed by atoms with Crippen LogP contribution in [0.3, 0.4) is 0 Å². The van der Waals surface area contributed by atoms with Gasteiger partial charge in [0.15, 0.2) is 0 Å². The molecule has 1 saturated carbocycles. The van der Waals surface area contributed by atoms with Crippen LogP contribution >= 0.6 is 15.9 Å². The zero-order valence-corrected chi connectivity index (χ0v) is 10.1. The second-order valence-corrected chi connectivity index (χ2v) is 5.10. The van der Waals surface area contributed by atoms with Gasteiger partial charge in [-0.05, 0) is 52.4 Å². The Morgan fingerprint density at radius 3 is 2.60 bits per heavy atom. The van der Waals surface area contributed by atoms with E-state index in [2.05, 4.69) is 15.9 Å². The van der Waals surface area contributed by atoms with Crippen LogP contribution in [0.5, 0.6) is 0 Å². The maximum atomic E-state index is 13.3. The Hall–Kier alpha value is -0.410.